The van der Waals surface area contributed by atoms with Gasteiger partial charge in [0.25, 0.3) is 0 Å². The second-order valence-electron chi connectivity index (χ2n) is 6.24. The van der Waals surface area contributed by atoms with Crippen LogP contribution in [0.2, 0.25) is 0 Å². The van der Waals surface area contributed by atoms with Crippen LogP contribution in [0.3, 0.4) is 0 Å². The van der Waals surface area contributed by atoms with Gasteiger partial charge >= 0.3 is 0 Å². The van der Waals surface area contributed by atoms with Gasteiger partial charge in [0.1, 0.15) is 0 Å². The van der Waals surface area contributed by atoms with Crippen molar-refractivity contribution >= 4 is 36.4 Å². The molecule has 1 amide bonds. The Morgan fingerprint density at radius 3 is 2.30 bits per heavy atom. The lowest BCUT2D eigenvalue weighted by Gasteiger charge is -2.34. The lowest BCUT2D eigenvalue weighted by atomic mass is 10.0. The van der Waals surface area contributed by atoms with Crippen LogP contribution in [0.5, 0.6) is 0 Å². The number of carbonyl (C=O) groups is 1. The van der Waals surface area contributed by atoms with E-state index >= 15 is 0 Å². The molecule has 1 aromatic carbocycles. The molecule has 0 aromatic heterocycles. The van der Waals surface area contributed by atoms with Crippen LogP contribution in [-0.2, 0) is 4.79 Å². The van der Waals surface area contributed by atoms with Crippen LogP contribution in [0, 0.1) is 5.92 Å². The first-order chi connectivity index (χ1) is 10.3. The molecule has 1 saturated heterocycles. The van der Waals surface area contributed by atoms with E-state index in [2.05, 4.69) is 39.8 Å². The Hall–Kier alpha value is -0.970. The summed E-state index contributed by atoms with van der Waals surface area (Å²) in [4.78, 5) is 14.3. The number of hydrogen-bond donors (Lipinski definition) is 2. The monoisotopic (exact) mass is 359 g/mol. The van der Waals surface area contributed by atoms with Crippen molar-refractivity contribution in [2.75, 3.05) is 31.1 Å². The van der Waals surface area contributed by atoms with Crippen molar-refractivity contribution in [1.29, 1.82) is 0 Å². The van der Waals surface area contributed by atoms with E-state index < -0.39 is 0 Å². The van der Waals surface area contributed by atoms with Crippen LogP contribution in [0.25, 0.3) is 0 Å². The van der Waals surface area contributed by atoms with Crippen molar-refractivity contribution in [3.05, 3.63) is 30.3 Å². The molecule has 4 nitrogen and oxygen atoms in total. The smallest absolute Gasteiger partial charge is 0.234 e. The maximum absolute atomic E-state index is 11.9. The van der Waals surface area contributed by atoms with Crippen LogP contribution in [0.1, 0.15) is 25.7 Å². The molecule has 3 rings (SSSR count). The van der Waals surface area contributed by atoms with E-state index in [0.717, 1.165) is 38.4 Å². The molecule has 0 unspecified atom stereocenters. The predicted octanol–water partition coefficient (Wildman–Crippen LogP) is 2.61. The summed E-state index contributed by atoms with van der Waals surface area (Å²) in [5.74, 6) is 0.973. The number of nitrogens with zero attached hydrogens (tertiary/aromatic N) is 1. The molecule has 6 heteroatoms. The van der Waals surface area contributed by atoms with E-state index in [0.29, 0.717) is 12.6 Å². The molecule has 1 heterocycles. The first-order valence-corrected chi connectivity index (χ1v) is 8.11. The van der Waals surface area contributed by atoms with Crippen molar-refractivity contribution < 1.29 is 4.79 Å². The van der Waals surface area contributed by atoms with E-state index in [9.17, 15) is 4.79 Å². The molecule has 0 atom stereocenters. The molecule has 2 fully saturated rings. The van der Waals surface area contributed by atoms with Crippen molar-refractivity contribution in [3.8, 4) is 0 Å². The number of amides is 1. The predicted molar refractivity (Wildman–Crippen MR) is 99.9 cm³/mol. The van der Waals surface area contributed by atoms with Crippen molar-refractivity contribution in [3.63, 3.8) is 0 Å². The molecule has 2 aliphatic rings. The van der Waals surface area contributed by atoms with E-state index in [-0.39, 0.29) is 30.7 Å². The lowest BCUT2D eigenvalue weighted by molar-refractivity contribution is -0.121. The minimum atomic E-state index is 0. The van der Waals surface area contributed by atoms with Gasteiger partial charge in [-0.1, -0.05) is 18.2 Å². The summed E-state index contributed by atoms with van der Waals surface area (Å²) in [5, 5.41) is 6.41. The third kappa shape index (κ3) is 6.58. The van der Waals surface area contributed by atoms with Crippen LogP contribution >= 0.6 is 24.8 Å². The Balaban J connectivity index is 0.00000132. The highest BCUT2D eigenvalue weighted by atomic mass is 35.5. The number of halogens is 2. The van der Waals surface area contributed by atoms with Gasteiger partial charge in [-0.05, 0) is 50.3 Å². The van der Waals surface area contributed by atoms with Gasteiger partial charge in [0.15, 0.2) is 0 Å². The molecule has 1 aliphatic carbocycles. The summed E-state index contributed by atoms with van der Waals surface area (Å²) >= 11 is 0. The molecule has 23 heavy (non-hydrogen) atoms. The van der Waals surface area contributed by atoms with Crippen LogP contribution in [0.15, 0.2) is 30.3 Å². The molecule has 0 bridgehead atoms. The fraction of sp³-hybridized carbons (Fsp3) is 0.588. The molecule has 1 saturated carbocycles. The molecule has 1 aromatic rings. The second kappa shape index (κ2) is 10.0. The van der Waals surface area contributed by atoms with Crippen LogP contribution in [-0.4, -0.2) is 38.1 Å². The third-order valence-corrected chi connectivity index (χ3v) is 4.40. The first-order valence-electron chi connectivity index (χ1n) is 8.11. The summed E-state index contributed by atoms with van der Waals surface area (Å²) in [6.45, 7) is 3.50. The van der Waals surface area contributed by atoms with Gasteiger partial charge in [0, 0.05) is 24.8 Å². The molecule has 0 spiro atoms. The molecule has 1 aliphatic heterocycles. The fourth-order valence-electron chi connectivity index (χ4n) is 2.91. The number of nitrogens with one attached hydrogen (secondary N) is 2. The van der Waals surface area contributed by atoms with E-state index in [1.165, 1.54) is 18.5 Å². The Labute approximate surface area is 151 Å². The average molecular weight is 360 g/mol. The summed E-state index contributed by atoms with van der Waals surface area (Å²) in [6.07, 6.45) is 4.71. The van der Waals surface area contributed by atoms with Gasteiger partial charge in [0.05, 0.1) is 6.54 Å². The number of piperidine rings is 1. The number of rotatable bonds is 6. The SMILES string of the molecule is Cl.Cl.O=C(CNCC1CC1)NC1CCN(c2ccccc2)CC1. The van der Waals surface area contributed by atoms with Crippen molar-refractivity contribution in [2.24, 2.45) is 5.92 Å². The minimum Gasteiger partial charge on any atom is -0.371 e. The molecular weight excluding hydrogens is 333 g/mol. The molecule has 2 N–H and O–H groups in total. The second-order valence-corrected chi connectivity index (χ2v) is 6.24. The maximum Gasteiger partial charge on any atom is 0.234 e. The quantitative estimate of drug-likeness (QED) is 0.820. The largest absolute Gasteiger partial charge is 0.371 e. The molecular formula is C17H27Cl2N3O. The van der Waals surface area contributed by atoms with Gasteiger partial charge in [-0.25, -0.2) is 0 Å². The molecule has 0 radical (unpaired) electrons. The topological polar surface area (TPSA) is 44.4 Å². The van der Waals surface area contributed by atoms with Gasteiger partial charge in [0.2, 0.25) is 5.91 Å². The maximum atomic E-state index is 11.9. The Morgan fingerprint density at radius 2 is 1.70 bits per heavy atom. The number of benzene rings is 1. The van der Waals surface area contributed by atoms with E-state index in [1.54, 1.807) is 0 Å². The number of carbonyl (C=O) groups excluding carboxylic acids is 1. The Kier molecular flexibility index (Phi) is 8.74. The average Bonchev–Trinajstić information content (AvgIpc) is 3.33. The highest BCUT2D eigenvalue weighted by Gasteiger charge is 2.22. The zero-order valence-corrected chi connectivity index (χ0v) is 15.0. The van der Waals surface area contributed by atoms with Crippen molar-refractivity contribution in [1.82, 2.24) is 10.6 Å². The van der Waals surface area contributed by atoms with Crippen LogP contribution < -0.4 is 15.5 Å². The van der Waals surface area contributed by atoms with Gasteiger partial charge in [-0.3, -0.25) is 4.79 Å². The Bertz CT molecular complexity index is 460. The fourth-order valence-corrected chi connectivity index (χ4v) is 2.91. The van der Waals surface area contributed by atoms with Gasteiger partial charge in [-0.2, -0.15) is 0 Å². The van der Waals surface area contributed by atoms with Crippen molar-refractivity contribution in [2.45, 2.75) is 31.7 Å². The highest BCUT2D eigenvalue weighted by Crippen LogP contribution is 2.27. The van der Waals surface area contributed by atoms with Crippen LogP contribution in [0.4, 0.5) is 5.69 Å². The minimum absolute atomic E-state index is 0. The number of hydrogen-bond acceptors (Lipinski definition) is 3. The molecule has 130 valence electrons. The number of anilines is 1. The lowest BCUT2D eigenvalue weighted by Crippen LogP contribution is -2.47. The first kappa shape index (κ1) is 20.1. The zero-order valence-electron chi connectivity index (χ0n) is 13.4. The summed E-state index contributed by atoms with van der Waals surface area (Å²) < 4.78 is 0. The summed E-state index contributed by atoms with van der Waals surface area (Å²) in [5.41, 5.74) is 1.29. The summed E-state index contributed by atoms with van der Waals surface area (Å²) in [7, 11) is 0. The van der Waals surface area contributed by atoms with Gasteiger partial charge in [-0.15, -0.1) is 24.8 Å². The van der Waals surface area contributed by atoms with E-state index in [1.807, 2.05) is 6.07 Å². The van der Waals surface area contributed by atoms with Gasteiger partial charge < -0.3 is 15.5 Å². The standard InChI is InChI=1S/C17H25N3O.2ClH/c21-17(13-18-12-14-6-7-14)19-15-8-10-20(11-9-15)16-4-2-1-3-5-16;;/h1-5,14-15,18H,6-13H2,(H,19,21);2*1H. The van der Waals surface area contributed by atoms with E-state index in [4.69, 9.17) is 0 Å². The zero-order chi connectivity index (χ0) is 14.5. The number of para-hydroxylation sites is 1. The summed E-state index contributed by atoms with van der Waals surface area (Å²) in [6, 6.07) is 10.8. The Morgan fingerprint density at radius 1 is 1.04 bits per heavy atom. The third-order valence-electron chi connectivity index (χ3n) is 4.40. The highest BCUT2D eigenvalue weighted by molar-refractivity contribution is 5.85. The normalized spacial score (nSPS) is 17.8.